The number of carbonyl (C=O) groups is 1. The van der Waals surface area contributed by atoms with Gasteiger partial charge in [0.1, 0.15) is 5.82 Å². The monoisotopic (exact) mass is 296 g/mol. The molecular formula is C13H20N4O2S. The summed E-state index contributed by atoms with van der Waals surface area (Å²) in [6, 6.07) is 0. The Bertz CT molecular complexity index is 481. The molecule has 1 amide bonds. The third-order valence-corrected chi connectivity index (χ3v) is 4.71. The second kappa shape index (κ2) is 6.13. The van der Waals surface area contributed by atoms with Gasteiger partial charge in [-0.1, -0.05) is 11.8 Å². The lowest BCUT2D eigenvalue weighted by Gasteiger charge is -2.10. The average Bonchev–Trinajstić information content (AvgIpc) is 3.02. The van der Waals surface area contributed by atoms with Crippen molar-refractivity contribution in [2.45, 2.75) is 42.9 Å². The zero-order valence-corrected chi connectivity index (χ0v) is 12.5. The summed E-state index contributed by atoms with van der Waals surface area (Å²) in [5.41, 5.74) is 0. The number of hydrogen-bond donors (Lipinski definition) is 1. The molecule has 1 saturated carbocycles. The highest BCUT2D eigenvalue weighted by Crippen LogP contribution is 2.39. The molecule has 2 aliphatic rings. The van der Waals surface area contributed by atoms with E-state index in [0.29, 0.717) is 18.2 Å². The summed E-state index contributed by atoms with van der Waals surface area (Å²) >= 11 is 1.44. The predicted octanol–water partition coefficient (Wildman–Crippen LogP) is 1.08. The second-order valence-electron chi connectivity index (χ2n) is 5.40. The molecule has 2 fully saturated rings. The van der Waals surface area contributed by atoms with E-state index in [1.165, 1.54) is 24.6 Å². The number of nitrogens with zero attached hydrogens (tertiary/aromatic N) is 3. The van der Waals surface area contributed by atoms with Gasteiger partial charge in [-0.15, -0.1) is 10.2 Å². The van der Waals surface area contributed by atoms with Crippen LogP contribution in [0.2, 0.25) is 0 Å². The van der Waals surface area contributed by atoms with Gasteiger partial charge in [0.25, 0.3) is 0 Å². The lowest BCUT2D eigenvalue weighted by Crippen LogP contribution is -2.32. The summed E-state index contributed by atoms with van der Waals surface area (Å²) in [7, 11) is 1.97. The smallest absolute Gasteiger partial charge is 0.230 e. The van der Waals surface area contributed by atoms with Crippen LogP contribution in [0, 0.1) is 0 Å². The van der Waals surface area contributed by atoms with Crippen LogP contribution in [0.3, 0.4) is 0 Å². The van der Waals surface area contributed by atoms with Gasteiger partial charge in [-0.2, -0.15) is 0 Å². The van der Waals surface area contributed by atoms with Crippen LogP contribution in [0.4, 0.5) is 0 Å². The number of nitrogens with one attached hydrogen (secondary N) is 1. The molecule has 1 aromatic rings. The number of aromatic nitrogens is 3. The van der Waals surface area contributed by atoms with Crippen LogP contribution in [0.25, 0.3) is 0 Å². The molecule has 20 heavy (non-hydrogen) atoms. The maximum atomic E-state index is 11.8. The Balaban J connectivity index is 1.42. The minimum Gasteiger partial charge on any atom is -0.376 e. The molecule has 0 radical (unpaired) electrons. The van der Waals surface area contributed by atoms with E-state index in [1.807, 2.05) is 11.6 Å². The van der Waals surface area contributed by atoms with Crippen molar-refractivity contribution in [1.29, 1.82) is 0 Å². The molecule has 110 valence electrons. The Hall–Kier alpha value is -1.08. The van der Waals surface area contributed by atoms with Crippen molar-refractivity contribution in [3.05, 3.63) is 5.82 Å². The molecule has 1 aliphatic heterocycles. The molecule has 0 bridgehead atoms. The molecule has 1 N–H and O–H groups in total. The van der Waals surface area contributed by atoms with E-state index in [9.17, 15) is 4.79 Å². The minimum absolute atomic E-state index is 0.0291. The minimum atomic E-state index is 0.0291. The highest BCUT2D eigenvalue weighted by atomic mass is 32.2. The van der Waals surface area contributed by atoms with Crippen molar-refractivity contribution in [3.63, 3.8) is 0 Å². The molecular weight excluding hydrogens is 276 g/mol. The zero-order valence-electron chi connectivity index (χ0n) is 11.7. The second-order valence-corrected chi connectivity index (χ2v) is 6.34. The summed E-state index contributed by atoms with van der Waals surface area (Å²) in [4.78, 5) is 11.8. The summed E-state index contributed by atoms with van der Waals surface area (Å²) in [6.07, 6.45) is 4.75. The zero-order chi connectivity index (χ0) is 13.9. The van der Waals surface area contributed by atoms with E-state index in [4.69, 9.17) is 4.74 Å². The Kier molecular flexibility index (Phi) is 4.26. The lowest BCUT2D eigenvalue weighted by molar-refractivity contribution is -0.119. The van der Waals surface area contributed by atoms with E-state index >= 15 is 0 Å². The molecule has 2 heterocycles. The molecule has 6 nitrogen and oxygen atoms in total. The number of carbonyl (C=O) groups excluding carboxylic acids is 1. The number of ether oxygens (including phenoxy) is 1. The largest absolute Gasteiger partial charge is 0.376 e. The van der Waals surface area contributed by atoms with Crippen molar-refractivity contribution in [2.75, 3.05) is 18.9 Å². The van der Waals surface area contributed by atoms with Crippen LogP contribution in [0.15, 0.2) is 5.16 Å². The van der Waals surface area contributed by atoms with Gasteiger partial charge in [-0.25, -0.2) is 0 Å². The van der Waals surface area contributed by atoms with Crippen molar-refractivity contribution in [3.8, 4) is 0 Å². The topological polar surface area (TPSA) is 69.0 Å². The number of rotatable bonds is 6. The van der Waals surface area contributed by atoms with Crippen LogP contribution >= 0.6 is 11.8 Å². The van der Waals surface area contributed by atoms with Crippen LogP contribution in [0.5, 0.6) is 0 Å². The van der Waals surface area contributed by atoms with Gasteiger partial charge >= 0.3 is 0 Å². The summed E-state index contributed by atoms with van der Waals surface area (Å²) < 4.78 is 7.48. The fourth-order valence-corrected chi connectivity index (χ4v) is 3.11. The van der Waals surface area contributed by atoms with Gasteiger partial charge in [0.2, 0.25) is 5.91 Å². The van der Waals surface area contributed by atoms with Gasteiger partial charge in [0.05, 0.1) is 11.9 Å². The maximum absolute atomic E-state index is 11.8. The van der Waals surface area contributed by atoms with Crippen molar-refractivity contribution in [2.24, 2.45) is 7.05 Å². The van der Waals surface area contributed by atoms with Crippen LogP contribution in [-0.4, -0.2) is 45.7 Å². The Morgan fingerprint density at radius 2 is 2.30 bits per heavy atom. The predicted molar refractivity (Wildman–Crippen MR) is 75.7 cm³/mol. The molecule has 1 atom stereocenters. The third kappa shape index (κ3) is 3.32. The summed E-state index contributed by atoms with van der Waals surface area (Å²) in [5, 5.41) is 12.1. The molecule has 0 spiro atoms. The first-order valence-electron chi connectivity index (χ1n) is 7.14. The lowest BCUT2D eigenvalue weighted by atomic mass is 10.2. The van der Waals surface area contributed by atoms with Gasteiger partial charge in [0, 0.05) is 26.1 Å². The fourth-order valence-electron chi connectivity index (χ4n) is 2.36. The summed E-state index contributed by atoms with van der Waals surface area (Å²) in [6.45, 7) is 1.43. The van der Waals surface area contributed by atoms with Crippen LogP contribution in [-0.2, 0) is 16.6 Å². The first-order valence-corrected chi connectivity index (χ1v) is 8.13. The van der Waals surface area contributed by atoms with E-state index in [0.717, 1.165) is 30.4 Å². The van der Waals surface area contributed by atoms with Gasteiger partial charge in [-0.3, -0.25) is 4.79 Å². The molecule has 7 heteroatoms. The maximum Gasteiger partial charge on any atom is 0.230 e. The standard InChI is InChI=1S/C13H20N4O2S/c1-17-12(9-4-5-9)15-16-13(17)20-8-11(18)14-7-10-3-2-6-19-10/h9-10H,2-8H2,1H3,(H,14,18). The number of amides is 1. The molecule has 1 aromatic heterocycles. The van der Waals surface area contributed by atoms with E-state index < -0.39 is 0 Å². The Morgan fingerprint density at radius 3 is 3.00 bits per heavy atom. The van der Waals surface area contributed by atoms with Gasteiger partial charge < -0.3 is 14.6 Å². The Morgan fingerprint density at radius 1 is 1.45 bits per heavy atom. The van der Waals surface area contributed by atoms with Crippen molar-refractivity contribution >= 4 is 17.7 Å². The van der Waals surface area contributed by atoms with Crippen molar-refractivity contribution < 1.29 is 9.53 Å². The SMILES string of the molecule is Cn1c(SCC(=O)NCC2CCCO2)nnc1C1CC1. The molecule has 3 rings (SSSR count). The first kappa shape index (κ1) is 13.9. The highest BCUT2D eigenvalue weighted by molar-refractivity contribution is 7.99. The first-order chi connectivity index (χ1) is 9.74. The normalized spacial score (nSPS) is 22.1. The third-order valence-electron chi connectivity index (χ3n) is 3.69. The number of hydrogen-bond acceptors (Lipinski definition) is 5. The van der Waals surface area contributed by atoms with Crippen LogP contribution < -0.4 is 5.32 Å². The highest BCUT2D eigenvalue weighted by Gasteiger charge is 2.29. The molecule has 0 aromatic carbocycles. The van der Waals surface area contributed by atoms with Gasteiger partial charge in [0.15, 0.2) is 5.16 Å². The molecule has 1 aliphatic carbocycles. The Labute approximate surface area is 122 Å². The quantitative estimate of drug-likeness (QED) is 0.796. The fraction of sp³-hybridized carbons (Fsp3) is 0.769. The van der Waals surface area contributed by atoms with E-state index in [2.05, 4.69) is 15.5 Å². The molecule has 1 unspecified atom stereocenters. The van der Waals surface area contributed by atoms with Crippen molar-refractivity contribution in [1.82, 2.24) is 20.1 Å². The average molecular weight is 296 g/mol. The van der Waals surface area contributed by atoms with Crippen LogP contribution in [0.1, 0.15) is 37.4 Å². The molecule has 1 saturated heterocycles. The van der Waals surface area contributed by atoms with E-state index in [-0.39, 0.29) is 12.0 Å². The summed E-state index contributed by atoms with van der Waals surface area (Å²) in [5.74, 6) is 2.03. The number of thioether (sulfide) groups is 1. The van der Waals surface area contributed by atoms with Gasteiger partial charge in [-0.05, 0) is 25.7 Å². The van der Waals surface area contributed by atoms with E-state index in [1.54, 1.807) is 0 Å².